The predicted molar refractivity (Wildman–Crippen MR) is 87.6 cm³/mol. The lowest BCUT2D eigenvalue weighted by Crippen LogP contribution is -2.25. The number of ether oxygens (including phenoxy) is 2. The fourth-order valence-corrected chi connectivity index (χ4v) is 4.79. The van der Waals surface area contributed by atoms with Gasteiger partial charge in [0.05, 0.1) is 11.4 Å². The summed E-state index contributed by atoms with van der Waals surface area (Å²) in [4.78, 5) is 0. The van der Waals surface area contributed by atoms with E-state index in [4.69, 9.17) is 16.3 Å². The number of sulfonamides is 1. The second-order valence-corrected chi connectivity index (χ2v) is 8.67. The van der Waals surface area contributed by atoms with Crippen LogP contribution in [0.5, 0.6) is 11.5 Å². The zero-order chi connectivity index (χ0) is 17.9. The third-order valence-corrected chi connectivity index (χ3v) is 6.56. The number of nitrogens with zero attached hydrogens (tertiary/aromatic N) is 1. The topological polar surface area (TPSA) is 55.8 Å². The Balaban J connectivity index is 2.21. The zero-order valence-corrected chi connectivity index (χ0v) is 15.1. The average Bonchev–Trinajstić information content (AvgIpc) is 2.95. The molecule has 0 N–H and O–H groups in total. The van der Waals surface area contributed by atoms with Gasteiger partial charge in [0.1, 0.15) is 4.21 Å². The van der Waals surface area contributed by atoms with E-state index in [9.17, 15) is 17.2 Å². The summed E-state index contributed by atoms with van der Waals surface area (Å²) in [6.45, 7) is -2.94. The van der Waals surface area contributed by atoms with E-state index in [0.717, 1.165) is 15.6 Å². The molecule has 0 radical (unpaired) electrons. The highest BCUT2D eigenvalue weighted by Gasteiger charge is 2.23. The third-order valence-electron chi connectivity index (χ3n) is 3.06. The molecule has 2 rings (SSSR count). The molecule has 0 amide bonds. The van der Waals surface area contributed by atoms with Crippen LogP contribution in [0.1, 0.15) is 5.56 Å². The summed E-state index contributed by atoms with van der Waals surface area (Å²) in [6.07, 6.45) is 0. The Morgan fingerprint density at radius 1 is 1.25 bits per heavy atom. The van der Waals surface area contributed by atoms with Crippen molar-refractivity contribution in [1.29, 1.82) is 0 Å². The summed E-state index contributed by atoms with van der Waals surface area (Å²) in [7, 11) is -0.963. The van der Waals surface area contributed by atoms with Crippen LogP contribution in [-0.4, -0.2) is 33.5 Å². The number of hydrogen-bond acceptors (Lipinski definition) is 5. The van der Waals surface area contributed by atoms with Crippen LogP contribution < -0.4 is 9.47 Å². The number of hydrogen-bond donors (Lipinski definition) is 0. The van der Waals surface area contributed by atoms with E-state index < -0.39 is 16.6 Å². The molecule has 0 unspecified atom stereocenters. The molecule has 24 heavy (non-hydrogen) atoms. The highest BCUT2D eigenvalue weighted by molar-refractivity contribution is 7.91. The molecule has 0 aliphatic rings. The van der Waals surface area contributed by atoms with Gasteiger partial charge >= 0.3 is 6.61 Å². The van der Waals surface area contributed by atoms with E-state index >= 15 is 0 Å². The van der Waals surface area contributed by atoms with Gasteiger partial charge in [0.25, 0.3) is 10.0 Å². The molecule has 0 aliphatic heterocycles. The number of halogens is 3. The van der Waals surface area contributed by atoms with Crippen molar-refractivity contribution in [1.82, 2.24) is 4.31 Å². The molecule has 2 aromatic rings. The number of benzene rings is 1. The van der Waals surface area contributed by atoms with E-state index in [0.29, 0.717) is 9.90 Å². The Bertz CT molecular complexity index is 811. The van der Waals surface area contributed by atoms with Gasteiger partial charge in [-0.1, -0.05) is 17.7 Å². The van der Waals surface area contributed by atoms with E-state index in [1.165, 1.54) is 44.5 Å². The SMILES string of the molecule is COc1cc(CN(C)S(=O)(=O)c2ccc(Cl)s2)ccc1OC(F)F. The Kier molecular flexibility index (Phi) is 6.02. The lowest BCUT2D eigenvalue weighted by Gasteiger charge is -2.17. The van der Waals surface area contributed by atoms with Gasteiger partial charge in [-0.15, -0.1) is 11.3 Å². The van der Waals surface area contributed by atoms with Crippen LogP contribution in [-0.2, 0) is 16.6 Å². The van der Waals surface area contributed by atoms with E-state index in [2.05, 4.69) is 4.74 Å². The van der Waals surface area contributed by atoms with Crippen molar-refractivity contribution in [3.05, 3.63) is 40.2 Å². The van der Waals surface area contributed by atoms with Gasteiger partial charge in [-0.05, 0) is 29.8 Å². The maximum absolute atomic E-state index is 12.4. The molecule has 0 saturated heterocycles. The van der Waals surface area contributed by atoms with Crippen LogP contribution >= 0.6 is 22.9 Å². The Hall–Kier alpha value is -1.42. The lowest BCUT2D eigenvalue weighted by atomic mass is 10.2. The molecule has 0 atom stereocenters. The van der Waals surface area contributed by atoms with Crippen molar-refractivity contribution in [2.24, 2.45) is 0 Å². The minimum Gasteiger partial charge on any atom is -0.493 e. The van der Waals surface area contributed by atoms with E-state index in [1.807, 2.05) is 0 Å². The monoisotopic (exact) mass is 397 g/mol. The van der Waals surface area contributed by atoms with Crippen molar-refractivity contribution in [3.8, 4) is 11.5 Å². The Morgan fingerprint density at radius 2 is 1.96 bits per heavy atom. The molecule has 0 fully saturated rings. The minimum atomic E-state index is -3.69. The van der Waals surface area contributed by atoms with Gasteiger partial charge in [-0.2, -0.15) is 13.1 Å². The highest BCUT2D eigenvalue weighted by Crippen LogP contribution is 2.31. The molecule has 1 aromatic heterocycles. The van der Waals surface area contributed by atoms with Crippen molar-refractivity contribution < 1.29 is 26.7 Å². The van der Waals surface area contributed by atoms with Crippen molar-refractivity contribution in [3.63, 3.8) is 0 Å². The van der Waals surface area contributed by atoms with Gasteiger partial charge in [-0.25, -0.2) is 8.42 Å². The average molecular weight is 398 g/mol. The number of methoxy groups -OCH3 is 1. The maximum atomic E-state index is 12.4. The summed E-state index contributed by atoms with van der Waals surface area (Å²) in [5.41, 5.74) is 0.558. The van der Waals surface area contributed by atoms with Crippen LogP contribution in [0.15, 0.2) is 34.5 Å². The van der Waals surface area contributed by atoms with Crippen molar-refractivity contribution >= 4 is 33.0 Å². The van der Waals surface area contributed by atoms with Crippen molar-refractivity contribution in [2.75, 3.05) is 14.2 Å². The first-order valence-electron chi connectivity index (χ1n) is 6.57. The van der Waals surface area contributed by atoms with Gasteiger partial charge in [0, 0.05) is 13.6 Å². The second-order valence-electron chi connectivity index (χ2n) is 4.68. The first kappa shape index (κ1) is 18.9. The van der Waals surface area contributed by atoms with Crippen LogP contribution in [0, 0.1) is 0 Å². The molecule has 1 heterocycles. The normalized spacial score (nSPS) is 12.0. The number of thiophene rings is 1. The van der Waals surface area contributed by atoms with E-state index in [1.54, 1.807) is 0 Å². The van der Waals surface area contributed by atoms with Crippen LogP contribution in [0.4, 0.5) is 8.78 Å². The van der Waals surface area contributed by atoms with Gasteiger partial charge in [0.15, 0.2) is 11.5 Å². The molecule has 0 aliphatic carbocycles. The highest BCUT2D eigenvalue weighted by atomic mass is 35.5. The molecule has 0 bridgehead atoms. The second kappa shape index (κ2) is 7.64. The minimum absolute atomic E-state index is 0.0309. The molecule has 10 heteroatoms. The van der Waals surface area contributed by atoms with Crippen LogP contribution in [0.3, 0.4) is 0 Å². The Morgan fingerprint density at radius 3 is 2.50 bits per heavy atom. The smallest absolute Gasteiger partial charge is 0.387 e. The standard InChI is InChI=1S/C14H14ClF2NO4S2/c1-18(24(19,20)13-6-5-12(15)23-13)8-9-3-4-10(22-14(16)17)11(7-9)21-2/h3-7,14H,8H2,1-2H3. The maximum Gasteiger partial charge on any atom is 0.387 e. The van der Waals surface area contributed by atoms with Gasteiger partial charge < -0.3 is 9.47 Å². The summed E-state index contributed by atoms with van der Waals surface area (Å²) < 4.78 is 60.5. The van der Waals surface area contributed by atoms with Gasteiger partial charge in [0.2, 0.25) is 0 Å². The first-order valence-corrected chi connectivity index (χ1v) is 9.21. The van der Waals surface area contributed by atoms with E-state index in [-0.39, 0.29) is 22.3 Å². The fourth-order valence-electron chi connectivity index (χ4n) is 1.94. The van der Waals surface area contributed by atoms with Gasteiger partial charge in [-0.3, -0.25) is 0 Å². The molecule has 132 valence electrons. The fraction of sp³-hybridized carbons (Fsp3) is 0.286. The molecular weight excluding hydrogens is 384 g/mol. The zero-order valence-electron chi connectivity index (χ0n) is 12.7. The summed E-state index contributed by atoms with van der Waals surface area (Å²) in [5.74, 6) is -0.0236. The predicted octanol–water partition coefficient (Wildman–Crippen LogP) is 3.83. The first-order chi connectivity index (χ1) is 11.2. The third kappa shape index (κ3) is 4.35. The van der Waals surface area contributed by atoms with Crippen LogP contribution in [0.2, 0.25) is 4.34 Å². The number of rotatable bonds is 7. The molecular formula is C14H14ClF2NO4S2. The molecule has 5 nitrogen and oxygen atoms in total. The number of alkyl halides is 2. The Labute approximate surface area is 147 Å². The van der Waals surface area contributed by atoms with Crippen molar-refractivity contribution in [2.45, 2.75) is 17.4 Å². The molecule has 1 aromatic carbocycles. The summed E-state index contributed by atoms with van der Waals surface area (Å²) >= 11 is 6.73. The quantitative estimate of drug-likeness (QED) is 0.712. The summed E-state index contributed by atoms with van der Waals surface area (Å²) in [5, 5.41) is 0. The van der Waals surface area contributed by atoms with Crippen LogP contribution in [0.25, 0.3) is 0 Å². The molecule has 0 spiro atoms. The lowest BCUT2D eigenvalue weighted by molar-refractivity contribution is -0.0512. The molecule has 0 saturated carbocycles. The summed E-state index contributed by atoms with van der Waals surface area (Å²) in [6, 6.07) is 7.19. The largest absolute Gasteiger partial charge is 0.493 e.